The van der Waals surface area contributed by atoms with Crippen LogP contribution in [0.5, 0.6) is 0 Å². The van der Waals surface area contributed by atoms with Crippen molar-refractivity contribution in [2.75, 3.05) is 13.1 Å². The second-order valence-corrected chi connectivity index (χ2v) is 7.21. The van der Waals surface area contributed by atoms with Crippen molar-refractivity contribution in [1.29, 1.82) is 0 Å². The zero-order chi connectivity index (χ0) is 20.4. The van der Waals surface area contributed by atoms with Gasteiger partial charge in [-0.1, -0.05) is 24.3 Å². The topological polar surface area (TPSA) is 104 Å². The molecule has 2 aromatic heterocycles. The zero-order valence-corrected chi connectivity index (χ0v) is 16.3. The minimum absolute atomic E-state index is 0.164. The molecule has 0 unspecified atom stereocenters. The monoisotopic (exact) mass is 390 g/mol. The van der Waals surface area contributed by atoms with Crippen LogP contribution in [-0.4, -0.2) is 56.0 Å². The lowest BCUT2D eigenvalue weighted by molar-refractivity contribution is 0.0776. The lowest BCUT2D eigenvalue weighted by Crippen LogP contribution is -2.40. The number of H-pyrrole nitrogens is 1. The van der Waals surface area contributed by atoms with Gasteiger partial charge in [0.15, 0.2) is 5.82 Å². The third-order valence-corrected chi connectivity index (χ3v) is 5.01. The summed E-state index contributed by atoms with van der Waals surface area (Å²) in [4.78, 5) is 36.2. The molecule has 8 nitrogen and oxygen atoms in total. The quantitative estimate of drug-likeness (QED) is 0.708. The second-order valence-electron chi connectivity index (χ2n) is 7.21. The summed E-state index contributed by atoms with van der Waals surface area (Å²) in [7, 11) is 0. The van der Waals surface area contributed by atoms with Crippen molar-refractivity contribution in [3.8, 4) is 0 Å². The predicted octanol–water partition coefficient (Wildman–Crippen LogP) is 1.85. The van der Waals surface area contributed by atoms with Gasteiger partial charge in [-0.2, -0.15) is 5.10 Å². The Kier molecular flexibility index (Phi) is 5.07. The predicted molar refractivity (Wildman–Crippen MR) is 106 cm³/mol. The molecular weight excluding hydrogens is 368 g/mol. The fourth-order valence-electron chi connectivity index (χ4n) is 3.57. The van der Waals surface area contributed by atoms with E-state index in [1.165, 1.54) is 0 Å². The van der Waals surface area contributed by atoms with Crippen molar-refractivity contribution >= 4 is 11.8 Å². The van der Waals surface area contributed by atoms with Crippen molar-refractivity contribution in [1.82, 2.24) is 30.4 Å². The highest BCUT2D eigenvalue weighted by Gasteiger charge is 2.40. The number of hydrogen-bond donors (Lipinski definition) is 2. The van der Waals surface area contributed by atoms with Crippen LogP contribution in [0.3, 0.4) is 0 Å². The summed E-state index contributed by atoms with van der Waals surface area (Å²) >= 11 is 0. The summed E-state index contributed by atoms with van der Waals surface area (Å²) in [6, 6.07) is 14.1. The molecule has 148 valence electrons. The molecule has 2 amide bonds. The number of carbonyl (C=O) groups is 2. The number of hydrogen-bond acceptors (Lipinski definition) is 5. The summed E-state index contributed by atoms with van der Waals surface area (Å²) in [6.45, 7) is 4.45. The van der Waals surface area contributed by atoms with E-state index in [0.29, 0.717) is 36.0 Å². The number of rotatable bonds is 4. The molecule has 1 aliphatic rings. The van der Waals surface area contributed by atoms with E-state index in [0.717, 1.165) is 5.69 Å². The molecule has 29 heavy (non-hydrogen) atoms. The highest BCUT2D eigenvalue weighted by atomic mass is 16.2. The van der Waals surface area contributed by atoms with Gasteiger partial charge in [0.05, 0.1) is 12.0 Å². The fraction of sp³-hybridized carbons (Fsp3) is 0.286. The third kappa shape index (κ3) is 4.01. The van der Waals surface area contributed by atoms with E-state index in [-0.39, 0.29) is 23.8 Å². The molecular formula is C21H22N6O2. The Hall–Kier alpha value is -3.55. The van der Waals surface area contributed by atoms with E-state index in [1.807, 2.05) is 44.2 Å². The Labute approximate surface area is 168 Å². The summed E-state index contributed by atoms with van der Waals surface area (Å²) in [5.74, 6) is 0.728. The van der Waals surface area contributed by atoms with Crippen molar-refractivity contribution in [2.24, 2.45) is 0 Å². The number of nitrogens with one attached hydrogen (secondary N) is 2. The highest BCUT2D eigenvalue weighted by molar-refractivity contribution is 5.95. The van der Waals surface area contributed by atoms with Crippen molar-refractivity contribution < 1.29 is 9.59 Å². The van der Waals surface area contributed by atoms with Crippen molar-refractivity contribution in [3.63, 3.8) is 0 Å². The van der Waals surface area contributed by atoms with Crippen LogP contribution >= 0.6 is 0 Å². The van der Waals surface area contributed by atoms with Gasteiger partial charge in [0, 0.05) is 24.3 Å². The van der Waals surface area contributed by atoms with Crippen LogP contribution in [0.1, 0.15) is 44.1 Å². The molecule has 1 fully saturated rings. The number of amides is 2. The number of pyridine rings is 1. The molecule has 3 aromatic rings. The van der Waals surface area contributed by atoms with Gasteiger partial charge in [0.1, 0.15) is 11.5 Å². The Bertz CT molecular complexity index is 1030. The maximum Gasteiger partial charge on any atom is 0.272 e. The Morgan fingerprint density at radius 3 is 2.52 bits per heavy atom. The van der Waals surface area contributed by atoms with Crippen LogP contribution in [0.25, 0.3) is 0 Å². The molecule has 0 aliphatic carbocycles. The Morgan fingerprint density at radius 1 is 1.03 bits per heavy atom. The first kappa shape index (κ1) is 18.8. The summed E-state index contributed by atoms with van der Waals surface area (Å²) < 4.78 is 0. The van der Waals surface area contributed by atoms with Gasteiger partial charge >= 0.3 is 0 Å². The van der Waals surface area contributed by atoms with Gasteiger partial charge in [-0.15, -0.1) is 0 Å². The molecule has 0 saturated carbocycles. The minimum Gasteiger partial charge on any atom is -0.347 e. The lowest BCUT2D eigenvalue weighted by Gasteiger charge is -2.17. The molecule has 1 aliphatic heterocycles. The lowest BCUT2D eigenvalue weighted by atomic mass is 10.0. The molecule has 0 bridgehead atoms. The number of benzene rings is 1. The molecule has 0 radical (unpaired) electrons. The number of aryl methyl sites for hydroxylation is 2. The molecule has 1 aromatic carbocycles. The molecule has 3 heterocycles. The van der Waals surface area contributed by atoms with E-state index in [2.05, 4.69) is 25.5 Å². The smallest absolute Gasteiger partial charge is 0.272 e. The Balaban J connectivity index is 1.57. The summed E-state index contributed by atoms with van der Waals surface area (Å²) in [5.41, 5.74) is 1.75. The fourth-order valence-corrected chi connectivity index (χ4v) is 3.57. The molecule has 2 atom stereocenters. The average molecular weight is 390 g/mol. The highest BCUT2D eigenvalue weighted by Crippen LogP contribution is 2.27. The standard InChI is InChI=1S/C21H22N6O2/c1-13-7-6-10-17(22-13)21(29)27-11-16(19-23-14(2)25-26-19)18(12-27)24-20(28)15-8-4-3-5-9-15/h3-10,16,18H,11-12H2,1-2H3,(H,24,28)(H,23,25,26)/t16-,18-/m1/s1. The number of carbonyl (C=O) groups excluding carboxylic acids is 2. The summed E-state index contributed by atoms with van der Waals surface area (Å²) in [6.07, 6.45) is 0. The maximum atomic E-state index is 13.0. The SMILES string of the molecule is Cc1cccc(C(=O)N2C[C@@H](NC(=O)c3ccccc3)[C@H](c3n[nH]c(C)n3)C2)n1. The second kappa shape index (κ2) is 7.83. The normalized spacial score (nSPS) is 18.6. The zero-order valence-electron chi connectivity index (χ0n) is 16.3. The van der Waals surface area contributed by atoms with Crippen molar-refractivity contribution in [2.45, 2.75) is 25.8 Å². The molecule has 1 saturated heterocycles. The van der Waals surface area contributed by atoms with Gasteiger partial charge in [0.25, 0.3) is 11.8 Å². The van der Waals surface area contributed by atoms with Crippen LogP contribution < -0.4 is 5.32 Å². The van der Waals surface area contributed by atoms with E-state index >= 15 is 0 Å². The van der Waals surface area contributed by atoms with Crippen LogP contribution in [0.4, 0.5) is 0 Å². The molecule has 0 spiro atoms. The van der Waals surface area contributed by atoms with Gasteiger partial charge in [-0.25, -0.2) is 9.97 Å². The van der Waals surface area contributed by atoms with Gasteiger partial charge in [0.2, 0.25) is 0 Å². The van der Waals surface area contributed by atoms with Gasteiger partial charge < -0.3 is 10.2 Å². The van der Waals surface area contributed by atoms with E-state index < -0.39 is 0 Å². The minimum atomic E-state index is -0.299. The first-order valence-corrected chi connectivity index (χ1v) is 9.49. The molecule has 8 heteroatoms. The maximum absolute atomic E-state index is 13.0. The van der Waals surface area contributed by atoms with Gasteiger partial charge in [-0.3, -0.25) is 14.7 Å². The Morgan fingerprint density at radius 2 is 1.83 bits per heavy atom. The van der Waals surface area contributed by atoms with Crippen LogP contribution in [-0.2, 0) is 0 Å². The number of aromatic amines is 1. The van der Waals surface area contributed by atoms with E-state index in [4.69, 9.17) is 0 Å². The van der Waals surface area contributed by atoms with Gasteiger partial charge in [-0.05, 0) is 38.1 Å². The first-order chi connectivity index (χ1) is 14.0. The van der Waals surface area contributed by atoms with E-state index in [1.54, 1.807) is 23.1 Å². The van der Waals surface area contributed by atoms with Crippen LogP contribution in [0.2, 0.25) is 0 Å². The van der Waals surface area contributed by atoms with E-state index in [9.17, 15) is 9.59 Å². The largest absolute Gasteiger partial charge is 0.347 e. The van der Waals surface area contributed by atoms with Crippen LogP contribution in [0.15, 0.2) is 48.5 Å². The molecule has 4 rings (SSSR count). The van der Waals surface area contributed by atoms with Crippen molar-refractivity contribution in [3.05, 3.63) is 77.1 Å². The third-order valence-electron chi connectivity index (χ3n) is 5.01. The summed E-state index contributed by atoms with van der Waals surface area (Å²) in [5, 5.41) is 10.2. The van der Waals surface area contributed by atoms with Crippen LogP contribution in [0, 0.1) is 13.8 Å². The number of nitrogens with zero attached hydrogens (tertiary/aromatic N) is 4. The number of aromatic nitrogens is 4. The molecule has 2 N–H and O–H groups in total. The first-order valence-electron chi connectivity index (χ1n) is 9.49. The average Bonchev–Trinajstić information content (AvgIpc) is 3.34. The number of likely N-dealkylation sites (tertiary alicyclic amines) is 1.